The molecule has 0 bridgehead atoms. The van der Waals surface area contributed by atoms with Crippen LogP contribution in [-0.2, 0) is 0 Å². The van der Waals surface area contributed by atoms with Crippen LogP contribution in [0, 0.1) is 5.92 Å². The van der Waals surface area contributed by atoms with Crippen molar-refractivity contribution in [1.82, 2.24) is 0 Å². The molecule has 128 valence electrons. The molecular weight excluding hydrogens is 322 g/mol. The maximum Gasteiger partial charge on any atom is 0.0125 e. The predicted molar refractivity (Wildman–Crippen MR) is 101 cm³/mol. The summed E-state index contributed by atoms with van der Waals surface area (Å²) >= 11 is 3.51. The summed E-state index contributed by atoms with van der Waals surface area (Å²) in [7, 11) is 0. The first kappa shape index (κ1) is 21.4. The molecular formula is C19H40BrN. The lowest BCUT2D eigenvalue weighted by molar-refractivity contribution is 0.267. The van der Waals surface area contributed by atoms with Crippen molar-refractivity contribution in [3.8, 4) is 0 Å². The van der Waals surface area contributed by atoms with E-state index in [1.54, 1.807) is 0 Å². The molecule has 0 saturated heterocycles. The number of hydrogen-bond acceptors (Lipinski definition) is 1. The molecule has 1 unspecified atom stereocenters. The lowest BCUT2D eigenvalue weighted by Crippen LogP contribution is -2.40. The topological polar surface area (TPSA) is 26.0 Å². The van der Waals surface area contributed by atoms with Gasteiger partial charge in [-0.1, -0.05) is 87.1 Å². The minimum atomic E-state index is -0.00235. The summed E-state index contributed by atoms with van der Waals surface area (Å²) in [5, 5.41) is 1.15. The van der Waals surface area contributed by atoms with Crippen molar-refractivity contribution in [2.75, 3.05) is 5.33 Å². The molecule has 0 spiro atoms. The molecule has 0 saturated carbocycles. The molecule has 2 N–H and O–H groups in total. The van der Waals surface area contributed by atoms with Gasteiger partial charge in [-0.25, -0.2) is 0 Å². The largest absolute Gasteiger partial charge is 0.325 e. The Hall–Kier alpha value is 0.440. The predicted octanol–water partition coefficient (Wildman–Crippen LogP) is 6.83. The van der Waals surface area contributed by atoms with Gasteiger partial charge in [0.1, 0.15) is 0 Å². The van der Waals surface area contributed by atoms with Crippen LogP contribution in [0.25, 0.3) is 0 Å². The molecule has 0 aliphatic rings. The van der Waals surface area contributed by atoms with E-state index < -0.39 is 0 Å². The summed E-state index contributed by atoms with van der Waals surface area (Å²) in [4.78, 5) is 0. The minimum Gasteiger partial charge on any atom is -0.325 e. The third kappa shape index (κ3) is 13.8. The van der Waals surface area contributed by atoms with Crippen molar-refractivity contribution in [3.05, 3.63) is 0 Å². The van der Waals surface area contributed by atoms with Crippen LogP contribution < -0.4 is 5.73 Å². The standard InChI is InChI=1S/C19H40BrN/c1-4-5-6-7-8-9-12-15-18(19(2,3)21)16-13-10-11-14-17-20/h18H,4-17,21H2,1-3H3. The summed E-state index contributed by atoms with van der Waals surface area (Å²) < 4.78 is 0. The fourth-order valence-electron chi connectivity index (χ4n) is 3.07. The van der Waals surface area contributed by atoms with E-state index in [1.165, 1.54) is 83.5 Å². The van der Waals surface area contributed by atoms with E-state index in [4.69, 9.17) is 5.73 Å². The molecule has 0 aromatic carbocycles. The summed E-state index contributed by atoms with van der Waals surface area (Å²) in [6.07, 6.45) is 17.9. The fourth-order valence-corrected chi connectivity index (χ4v) is 3.47. The second-order valence-corrected chi connectivity index (χ2v) is 8.11. The lowest BCUT2D eigenvalue weighted by Gasteiger charge is -2.31. The van der Waals surface area contributed by atoms with Crippen molar-refractivity contribution in [2.24, 2.45) is 11.7 Å². The zero-order valence-corrected chi connectivity index (χ0v) is 16.5. The van der Waals surface area contributed by atoms with Crippen LogP contribution in [-0.4, -0.2) is 10.9 Å². The average molecular weight is 362 g/mol. The van der Waals surface area contributed by atoms with E-state index in [1.807, 2.05) is 0 Å². The molecule has 0 aromatic rings. The Morgan fingerprint density at radius 1 is 0.762 bits per heavy atom. The minimum absolute atomic E-state index is 0.00235. The van der Waals surface area contributed by atoms with E-state index in [-0.39, 0.29) is 5.54 Å². The Kier molecular flexibility index (Phi) is 14.4. The summed E-state index contributed by atoms with van der Waals surface area (Å²) in [5.74, 6) is 0.706. The summed E-state index contributed by atoms with van der Waals surface area (Å²) in [5.41, 5.74) is 6.39. The number of unbranched alkanes of at least 4 members (excludes halogenated alkanes) is 9. The Balaban J connectivity index is 3.72. The van der Waals surface area contributed by atoms with E-state index in [0.717, 1.165) is 5.33 Å². The number of nitrogens with two attached hydrogens (primary N) is 1. The zero-order valence-electron chi connectivity index (χ0n) is 14.9. The van der Waals surface area contributed by atoms with Gasteiger partial charge in [0.05, 0.1) is 0 Å². The van der Waals surface area contributed by atoms with Gasteiger partial charge >= 0.3 is 0 Å². The Morgan fingerprint density at radius 3 is 1.62 bits per heavy atom. The van der Waals surface area contributed by atoms with Crippen molar-refractivity contribution in [3.63, 3.8) is 0 Å². The van der Waals surface area contributed by atoms with E-state index in [0.29, 0.717) is 5.92 Å². The SMILES string of the molecule is CCCCCCCCCC(CCCCCCBr)C(C)(C)N. The van der Waals surface area contributed by atoms with Crippen LogP contribution >= 0.6 is 15.9 Å². The van der Waals surface area contributed by atoms with Gasteiger partial charge in [-0.3, -0.25) is 0 Å². The van der Waals surface area contributed by atoms with Crippen LogP contribution in [0.3, 0.4) is 0 Å². The first-order chi connectivity index (χ1) is 10.0. The molecule has 0 aromatic heterocycles. The summed E-state index contributed by atoms with van der Waals surface area (Å²) in [6, 6.07) is 0. The monoisotopic (exact) mass is 361 g/mol. The number of rotatable bonds is 15. The Bertz CT molecular complexity index is 210. The van der Waals surface area contributed by atoms with Crippen molar-refractivity contribution < 1.29 is 0 Å². The van der Waals surface area contributed by atoms with Crippen LogP contribution in [0.2, 0.25) is 0 Å². The number of alkyl halides is 1. The Morgan fingerprint density at radius 2 is 1.19 bits per heavy atom. The molecule has 0 aliphatic heterocycles. The summed E-state index contributed by atoms with van der Waals surface area (Å²) in [6.45, 7) is 6.72. The highest BCUT2D eigenvalue weighted by Gasteiger charge is 2.23. The van der Waals surface area contributed by atoms with Crippen LogP contribution in [0.1, 0.15) is 104 Å². The first-order valence-electron chi connectivity index (χ1n) is 9.37. The molecule has 0 heterocycles. The van der Waals surface area contributed by atoms with Crippen molar-refractivity contribution in [2.45, 2.75) is 110 Å². The zero-order chi connectivity index (χ0) is 16.0. The van der Waals surface area contributed by atoms with Gasteiger partial charge in [0.15, 0.2) is 0 Å². The number of hydrogen-bond donors (Lipinski definition) is 1. The molecule has 0 amide bonds. The van der Waals surface area contributed by atoms with Gasteiger partial charge in [-0.2, -0.15) is 0 Å². The molecule has 0 rings (SSSR count). The normalized spacial score (nSPS) is 13.6. The third-order valence-electron chi connectivity index (χ3n) is 4.64. The highest BCUT2D eigenvalue weighted by molar-refractivity contribution is 9.09. The van der Waals surface area contributed by atoms with Gasteiger partial charge in [0.2, 0.25) is 0 Å². The molecule has 0 radical (unpaired) electrons. The highest BCUT2D eigenvalue weighted by atomic mass is 79.9. The van der Waals surface area contributed by atoms with Gasteiger partial charge in [-0.05, 0) is 39.0 Å². The van der Waals surface area contributed by atoms with Gasteiger partial charge in [0, 0.05) is 10.9 Å². The molecule has 21 heavy (non-hydrogen) atoms. The van der Waals surface area contributed by atoms with Gasteiger partial charge in [0.25, 0.3) is 0 Å². The van der Waals surface area contributed by atoms with Crippen LogP contribution in [0.4, 0.5) is 0 Å². The van der Waals surface area contributed by atoms with Crippen molar-refractivity contribution in [1.29, 1.82) is 0 Å². The van der Waals surface area contributed by atoms with Gasteiger partial charge < -0.3 is 5.73 Å². The molecule has 0 aliphatic carbocycles. The van der Waals surface area contributed by atoms with E-state index in [2.05, 4.69) is 36.7 Å². The smallest absolute Gasteiger partial charge is 0.0125 e. The molecule has 1 atom stereocenters. The van der Waals surface area contributed by atoms with Crippen molar-refractivity contribution >= 4 is 15.9 Å². The second kappa shape index (κ2) is 14.1. The average Bonchev–Trinajstić information content (AvgIpc) is 2.42. The second-order valence-electron chi connectivity index (χ2n) is 7.32. The number of halogens is 1. The Labute approximate surface area is 143 Å². The quantitative estimate of drug-likeness (QED) is 0.251. The molecule has 0 fully saturated rings. The van der Waals surface area contributed by atoms with E-state index >= 15 is 0 Å². The lowest BCUT2D eigenvalue weighted by atomic mass is 9.80. The highest BCUT2D eigenvalue weighted by Crippen LogP contribution is 2.27. The maximum atomic E-state index is 6.39. The maximum absolute atomic E-state index is 6.39. The first-order valence-corrected chi connectivity index (χ1v) is 10.5. The van der Waals surface area contributed by atoms with Gasteiger partial charge in [-0.15, -0.1) is 0 Å². The van der Waals surface area contributed by atoms with Crippen LogP contribution in [0.5, 0.6) is 0 Å². The van der Waals surface area contributed by atoms with E-state index in [9.17, 15) is 0 Å². The fraction of sp³-hybridized carbons (Fsp3) is 1.00. The third-order valence-corrected chi connectivity index (χ3v) is 5.21. The molecule has 1 nitrogen and oxygen atoms in total. The molecule has 2 heteroatoms. The van der Waals surface area contributed by atoms with Crippen LogP contribution in [0.15, 0.2) is 0 Å².